The van der Waals surface area contributed by atoms with Crippen molar-refractivity contribution in [1.82, 2.24) is 24.9 Å². The highest BCUT2D eigenvalue weighted by molar-refractivity contribution is 5.25. The standard InChI is InChI=1S/C14H23N5/c1-5-12-8-13(18(4)17-12)14(15-6-2)11-9-16-19(7-3)10-11/h8-10,14-15H,5-7H2,1-4H3. The zero-order valence-corrected chi connectivity index (χ0v) is 12.2. The van der Waals surface area contributed by atoms with E-state index in [9.17, 15) is 0 Å². The van der Waals surface area contributed by atoms with Gasteiger partial charge >= 0.3 is 0 Å². The number of aryl methyl sites for hydroxylation is 3. The Bertz CT molecular complexity index is 526. The smallest absolute Gasteiger partial charge is 0.0778 e. The fraction of sp³-hybridized carbons (Fsp3) is 0.571. The molecule has 0 amide bonds. The zero-order valence-electron chi connectivity index (χ0n) is 12.2. The lowest BCUT2D eigenvalue weighted by Gasteiger charge is -2.16. The summed E-state index contributed by atoms with van der Waals surface area (Å²) in [4.78, 5) is 0. The van der Waals surface area contributed by atoms with Crippen molar-refractivity contribution in [2.45, 2.75) is 39.8 Å². The van der Waals surface area contributed by atoms with E-state index in [2.05, 4.69) is 48.5 Å². The Hall–Kier alpha value is -1.62. The molecule has 0 radical (unpaired) electrons. The Morgan fingerprint density at radius 2 is 2.11 bits per heavy atom. The van der Waals surface area contributed by atoms with E-state index in [-0.39, 0.29) is 6.04 Å². The minimum atomic E-state index is 0.156. The molecule has 2 aromatic rings. The topological polar surface area (TPSA) is 47.7 Å². The van der Waals surface area contributed by atoms with E-state index in [0.29, 0.717) is 0 Å². The highest BCUT2D eigenvalue weighted by Gasteiger charge is 2.19. The largest absolute Gasteiger partial charge is 0.305 e. The van der Waals surface area contributed by atoms with E-state index in [1.807, 2.05) is 22.6 Å². The molecule has 2 aromatic heterocycles. The predicted octanol–water partition coefficient (Wildman–Crippen LogP) is 1.90. The van der Waals surface area contributed by atoms with Gasteiger partial charge in [-0.05, 0) is 26.0 Å². The second kappa shape index (κ2) is 6.02. The maximum atomic E-state index is 4.53. The van der Waals surface area contributed by atoms with Gasteiger partial charge in [0.05, 0.1) is 23.6 Å². The second-order valence-corrected chi connectivity index (χ2v) is 4.66. The third-order valence-corrected chi connectivity index (χ3v) is 3.34. The van der Waals surface area contributed by atoms with Gasteiger partial charge in [0.15, 0.2) is 0 Å². The van der Waals surface area contributed by atoms with Gasteiger partial charge in [-0.15, -0.1) is 0 Å². The Morgan fingerprint density at radius 3 is 2.63 bits per heavy atom. The summed E-state index contributed by atoms with van der Waals surface area (Å²) < 4.78 is 3.92. The van der Waals surface area contributed by atoms with Crippen LogP contribution in [0, 0.1) is 0 Å². The number of hydrogen-bond acceptors (Lipinski definition) is 3. The minimum Gasteiger partial charge on any atom is -0.305 e. The molecule has 1 unspecified atom stereocenters. The summed E-state index contributed by atoms with van der Waals surface area (Å²) in [7, 11) is 2.00. The Labute approximate surface area is 114 Å². The molecule has 19 heavy (non-hydrogen) atoms. The third kappa shape index (κ3) is 2.87. The molecular formula is C14H23N5. The van der Waals surface area contributed by atoms with Gasteiger partial charge in [0.25, 0.3) is 0 Å². The highest BCUT2D eigenvalue weighted by Crippen LogP contribution is 2.22. The van der Waals surface area contributed by atoms with Crippen molar-refractivity contribution in [2.24, 2.45) is 7.05 Å². The Balaban J connectivity index is 2.35. The van der Waals surface area contributed by atoms with Crippen molar-refractivity contribution in [3.05, 3.63) is 35.4 Å². The lowest BCUT2D eigenvalue weighted by atomic mass is 10.1. The maximum absolute atomic E-state index is 4.53. The monoisotopic (exact) mass is 261 g/mol. The van der Waals surface area contributed by atoms with Crippen LogP contribution in [0.1, 0.15) is 43.8 Å². The van der Waals surface area contributed by atoms with Crippen molar-refractivity contribution in [3.63, 3.8) is 0 Å². The lowest BCUT2D eigenvalue weighted by Crippen LogP contribution is -2.23. The van der Waals surface area contributed by atoms with Crippen LogP contribution >= 0.6 is 0 Å². The molecule has 5 nitrogen and oxygen atoms in total. The molecule has 0 saturated carbocycles. The maximum Gasteiger partial charge on any atom is 0.0778 e. The van der Waals surface area contributed by atoms with E-state index >= 15 is 0 Å². The number of aromatic nitrogens is 4. The molecule has 0 aliphatic carbocycles. The van der Waals surface area contributed by atoms with Crippen molar-refractivity contribution >= 4 is 0 Å². The van der Waals surface area contributed by atoms with Crippen LogP contribution in [0.3, 0.4) is 0 Å². The summed E-state index contributed by atoms with van der Waals surface area (Å²) in [6, 6.07) is 2.33. The van der Waals surface area contributed by atoms with E-state index in [1.54, 1.807) is 0 Å². The van der Waals surface area contributed by atoms with Crippen LogP contribution in [0.2, 0.25) is 0 Å². The summed E-state index contributed by atoms with van der Waals surface area (Å²) in [5.74, 6) is 0. The molecule has 0 saturated heterocycles. The third-order valence-electron chi connectivity index (χ3n) is 3.34. The number of hydrogen-bond donors (Lipinski definition) is 1. The zero-order chi connectivity index (χ0) is 13.8. The van der Waals surface area contributed by atoms with Gasteiger partial charge in [0.1, 0.15) is 0 Å². The quantitative estimate of drug-likeness (QED) is 0.864. The first-order valence-electron chi connectivity index (χ1n) is 6.98. The van der Waals surface area contributed by atoms with Crippen LogP contribution in [0.25, 0.3) is 0 Å². The molecular weight excluding hydrogens is 238 g/mol. The van der Waals surface area contributed by atoms with Gasteiger partial charge in [-0.3, -0.25) is 9.36 Å². The van der Waals surface area contributed by atoms with Crippen LogP contribution in [-0.2, 0) is 20.0 Å². The fourth-order valence-corrected chi connectivity index (χ4v) is 2.29. The highest BCUT2D eigenvalue weighted by atomic mass is 15.3. The predicted molar refractivity (Wildman–Crippen MR) is 76.0 cm³/mol. The van der Waals surface area contributed by atoms with E-state index < -0.39 is 0 Å². The molecule has 1 atom stereocenters. The number of nitrogens with one attached hydrogen (secondary N) is 1. The molecule has 0 bridgehead atoms. The summed E-state index contributed by atoms with van der Waals surface area (Å²) in [5, 5.41) is 12.4. The first kappa shape index (κ1) is 13.8. The van der Waals surface area contributed by atoms with E-state index in [1.165, 1.54) is 11.3 Å². The average molecular weight is 261 g/mol. The van der Waals surface area contributed by atoms with Crippen molar-refractivity contribution in [3.8, 4) is 0 Å². The van der Waals surface area contributed by atoms with Crippen LogP contribution < -0.4 is 5.32 Å². The SMILES string of the molecule is CCNC(c1cnn(CC)c1)c1cc(CC)nn1C. The Kier molecular flexibility index (Phi) is 4.37. The molecule has 104 valence electrons. The van der Waals surface area contributed by atoms with Crippen LogP contribution in [-0.4, -0.2) is 26.1 Å². The summed E-state index contributed by atoms with van der Waals surface area (Å²) in [6.45, 7) is 8.15. The summed E-state index contributed by atoms with van der Waals surface area (Å²) in [6.07, 6.45) is 5.00. The van der Waals surface area contributed by atoms with Crippen LogP contribution in [0.15, 0.2) is 18.5 Å². The van der Waals surface area contributed by atoms with Crippen molar-refractivity contribution in [2.75, 3.05) is 6.54 Å². The molecule has 0 aromatic carbocycles. The number of nitrogens with zero attached hydrogens (tertiary/aromatic N) is 4. The van der Waals surface area contributed by atoms with E-state index in [4.69, 9.17) is 0 Å². The van der Waals surface area contributed by atoms with Gasteiger partial charge < -0.3 is 5.32 Å². The molecule has 5 heteroatoms. The molecule has 2 rings (SSSR count). The molecule has 0 fully saturated rings. The summed E-state index contributed by atoms with van der Waals surface area (Å²) >= 11 is 0. The van der Waals surface area contributed by atoms with Gasteiger partial charge in [-0.2, -0.15) is 10.2 Å². The van der Waals surface area contributed by atoms with Crippen molar-refractivity contribution < 1.29 is 0 Å². The fourth-order valence-electron chi connectivity index (χ4n) is 2.29. The van der Waals surface area contributed by atoms with Crippen LogP contribution in [0.5, 0.6) is 0 Å². The molecule has 0 spiro atoms. The molecule has 0 aliphatic rings. The molecule has 0 aliphatic heterocycles. The summed E-state index contributed by atoms with van der Waals surface area (Å²) in [5.41, 5.74) is 3.51. The first-order chi connectivity index (χ1) is 9.19. The van der Waals surface area contributed by atoms with Gasteiger partial charge in [-0.1, -0.05) is 13.8 Å². The van der Waals surface area contributed by atoms with E-state index in [0.717, 1.165) is 25.2 Å². The first-order valence-corrected chi connectivity index (χ1v) is 6.98. The number of rotatable bonds is 6. The van der Waals surface area contributed by atoms with Crippen molar-refractivity contribution in [1.29, 1.82) is 0 Å². The lowest BCUT2D eigenvalue weighted by molar-refractivity contribution is 0.570. The van der Waals surface area contributed by atoms with Gasteiger partial charge in [0.2, 0.25) is 0 Å². The molecule has 1 N–H and O–H groups in total. The Morgan fingerprint density at radius 1 is 1.32 bits per heavy atom. The second-order valence-electron chi connectivity index (χ2n) is 4.66. The van der Waals surface area contributed by atoms with Gasteiger partial charge in [-0.25, -0.2) is 0 Å². The average Bonchev–Trinajstić information content (AvgIpc) is 3.02. The van der Waals surface area contributed by atoms with Crippen LogP contribution in [0.4, 0.5) is 0 Å². The van der Waals surface area contributed by atoms with Gasteiger partial charge in [0, 0.05) is 25.4 Å². The minimum absolute atomic E-state index is 0.156. The normalized spacial score (nSPS) is 12.8. The molecule has 2 heterocycles.